The Labute approximate surface area is 181 Å². The zero-order valence-corrected chi connectivity index (χ0v) is 17.0. The van der Waals surface area contributed by atoms with Gasteiger partial charge >= 0.3 is 0 Å². The molecule has 4 rings (SSSR count). The number of likely N-dealkylation sites (tertiary alicyclic amines) is 1. The number of rotatable bonds is 7. The first kappa shape index (κ1) is 20.4. The Hall–Kier alpha value is -3.87. The molecule has 1 saturated heterocycles. The highest BCUT2D eigenvalue weighted by Gasteiger charge is 2.33. The summed E-state index contributed by atoms with van der Waals surface area (Å²) in [4.78, 5) is 14.6. The monoisotopic (exact) mass is 410 g/mol. The number of benzene rings is 2. The number of nitriles is 2. The highest BCUT2D eigenvalue weighted by molar-refractivity contribution is 5.80. The first-order valence-corrected chi connectivity index (χ1v) is 10.2. The molecule has 154 valence electrons. The zero-order valence-electron chi connectivity index (χ0n) is 17.0. The Bertz CT molecular complexity index is 1100. The van der Waals surface area contributed by atoms with E-state index in [1.807, 2.05) is 48.5 Å². The van der Waals surface area contributed by atoms with Crippen LogP contribution >= 0.6 is 0 Å². The van der Waals surface area contributed by atoms with Gasteiger partial charge in [-0.25, -0.2) is 0 Å². The smallest absolute Gasteiger partial charge is 0.226 e. The summed E-state index contributed by atoms with van der Waals surface area (Å²) in [5, 5.41) is 21.3. The molecule has 1 fully saturated rings. The van der Waals surface area contributed by atoms with Crippen molar-refractivity contribution >= 4 is 5.91 Å². The maximum Gasteiger partial charge on any atom is 0.226 e. The molecular weight excluding hydrogens is 388 g/mol. The number of hydrogen-bond donors (Lipinski definition) is 1. The molecule has 1 N–H and O–H groups in total. The minimum Gasteiger partial charge on any atom is -0.468 e. The summed E-state index contributed by atoms with van der Waals surface area (Å²) in [6.07, 6.45) is 2.10. The zero-order chi connectivity index (χ0) is 21.6. The molecule has 1 aromatic heterocycles. The summed E-state index contributed by atoms with van der Waals surface area (Å²) >= 11 is 0. The van der Waals surface area contributed by atoms with E-state index in [9.17, 15) is 10.1 Å². The Kier molecular flexibility index (Phi) is 6.12. The Balaban J connectivity index is 1.28. The summed E-state index contributed by atoms with van der Waals surface area (Å²) in [7, 11) is 0. The van der Waals surface area contributed by atoms with E-state index in [1.54, 1.807) is 18.4 Å². The van der Waals surface area contributed by atoms with Crippen LogP contribution in [0, 0.1) is 28.6 Å². The first-order valence-electron chi connectivity index (χ1n) is 10.2. The quantitative estimate of drug-likeness (QED) is 0.643. The van der Waals surface area contributed by atoms with Crippen molar-refractivity contribution in [2.45, 2.75) is 19.0 Å². The fraction of sp³-hybridized carbons (Fsp3) is 0.240. The molecule has 0 unspecified atom stereocenters. The molecule has 6 heteroatoms. The van der Waals surface area contributed by atoms with Crippen LogP contribution in [0.1, 0.15) is 16.9 Å². The molecule has 0 bridgehead atoms. The largest absolute Gasteiger partial charge is 0.468 e. The predicted molar refractivity (Wildman–Crippen MR) is 115 cm³/mol. The van der Waals surface area contributed by atoms with Gasteiger partial charge in [-0.05, 0) is 41.0 Å². The number of nitrogens with zero attached hydrogens (tertiary/aromatic N) is 3. The maximum absolute atomic E-state index is 12.5. The van der Waals surface area contributed by atoms with Crippen molar-refractivity contribution < 1.29 is 9.21 Å². The van der Waals surface area contributed by atoms with Crippen LogP contribution in [0.3, 0.4) is 0 Å². The number of carbonyl (C=O) groups excluding carboxylic acids is 1. The molecule has 2 heterocycles. The molecule has 1 aliphatic rings. The van der Waals surface area contributed by atoms with Crippen molar-refractivity contribution in [1.29, 1.82) is 10.5 Å². The molecule has 0 radical (unpaired) electrons. The lowest BCUT2D eigenvalue weighted by Gasteiger charge is -2.37. The molecule has 2 aromatic carbocycles. The van der Waals surface area contributed by atoms with Crippen LogP contribution in [-0.4, -0.2) is 29.9 Å². The lowest BCUT2D eigenvalue weighted by Crippen LogP contribution is -2.54. The van der Waals surface area contributed by atoms with Gasteiger partial charge in [-0.3, -0.25) is 9.69 Å². The summed E-state index contributed by atoms with van der Waals surface area (Å²) in [6.45, 7) is 2.04. The second kappa shape index (κ2) is 9.30. The van der Waals surface area contributed by atoms with Crippen molar-refractivity contribution in [2.75, 3.05) is 13.1 Å². The van der Waals surface area contributed by atoms with Gasteiger partial charge in [0.05, 0.1) is 36.4 Å². The van der Waals surface area contributed by atoms with Crippen LogP contribution in [0.15, 0.2) is 71.3 Å². The van der Waals surface area contributed by atoms with Crippen LogP contribution < -0.4 is 5.32 Å². The van der Waals surface area contributed by atoms with Gasteiger partial charge in [0, 0.05) is 19.5 Å². The van der Waals surface area contributed by atoms with Gasteiger partial charge in [-0.2, -0.15) is 10.5 Å². The molecule has 1 atom stereocenters. The summed E-state index contributed by atoms with van der Waals surface area (Å²) in [5.41, 5.74) is 3.68. The van der Waals surface area contributed by atoms with Crippen molar-refractivity contribution in [3.05, 3.63) is 83.8 Å². The number of furan rings is 1. The highest BCUT2D eigenvalue weighted by atomic mass is 16.3. The molecule has 6 nitrogen and oxygen atoms in total. The average molecular weight is 410 g/mol. The van der Waals surface area contributed by atoms with Crippen LogP contribution in [0.25, 0.3) is 11.1 Å². The van der Waals surface area contributed by atoms with Gasteiger partial charge in [0.1, 0.15) is 11.8 Å². The van der Waals surface area contributed by atoms with Gasteiger partial charge in [0.15, 0.2) is 0 Å². The minimum absolute atomic E-state index is 0.0727. The summed E-state index contributed by atoms with van der Waals surface area (Å²) < 4.78 is 5.33. The summed E-state index contributed by atoms with van der Waals surface area (Å²) in [6, 6.07) is 22.9. The Morgan fingerprint density at radius 1 is 1.06 bits per heavy atom. The van der Waals surface area contributed by atoms with Crippen molar-refractivity contribution in [3.63, 3.8) is 0 Å². The number of hydrogen-bond acceptors (Lipinski definition) is 5. The summed E-state index contributed by atoms with van der Waals surface area (Å²) in [5.74, 6) is 0.722. The Morgan fingerprint density at radius 2 is 1.74 bits per heavy atom. The SMILES string of the molecule is N#Cc1ccc(-c2ccc(C[C@@H](C#N)NC(=O)C3CN(Cc4ccco4)C3)cc2)cc1. The number of nitrogens with one attached hydrogen (secondary N) is 1. The first-order chi connectivity index (χ1) is 15.1. The molecule has 1 amide bonds. The van der Waals surface area contributed by atoms with E-state index in [0.717, 1.165) is 22.5 Å². The lowest BCUT2D eigenvalue weighted by molar-refractivity contribution is -0.131. The molecule has 31 heavy (non-hydrogen) atoms. The van der Waals surface area contributed by atoms with Crippen LogP contribution in [0.2, 0.25) is 0 Å². The molecular formula is C25H22N4O2. The lowest BCUT2D eigenvalue weighted by atomic mass is 9.97. The number of amides is 1. The average Bonchev–Trinajstić information content (AvgIpc) is 3.29. The molecule has 0 aliphatic carbocycles. The fourth-order valence-electron chi connectivity index (χ4n) is 3.71. The van der Waals surface area contributed by atoms with Crippen LogP contribution in [0.5, 0.6) is 0 Å². The van der Waals surface area contributed by atoms with Crippen molar-refractivity contribution in [1.82, 2.24) is 10.2 Å². The van der Waals surface area contributed by atoms with Gasteiger partial charge < -0.3 is 9.73 Å². The Morgan fingerprint density at radius 3 is 2.32 bits per heavy atom. The van der Waals surface area contributed by atoms with E-state index in [1.165, 1.54) is 0 Å². The second-order valence-corrected chi connectivity index (χ2v) is 7.75. The topological polar surface area (TPSA) is 93.1 Å². The van der Waals surface area contributed by atoms with E-state index in [4.69, 9.17) is 9.68 Å². The van der Waals surface area contributed by atoms with E-state index in [-0.39, 0.29) is 11.8 Å². The van der Waals surface area contributed by atoms with E-state index >= 15 is 0 Å². The molecule has 0 spiro atoms. The third-order valence-electron chi connectivity index (χ3n) is 5.50. The normalized spacial score (nSPS) is 14.8. The van der Waals surface area contributed by atoms with Gasteiger partial charge in [0.2, 0.25) is 5.91 Å². The van der Waals surface area contributed by atoms with Crippen LogP contribution in [-0.2, 0) is 17.8 Å². The third-order valence-corrected chi connectivity index (χ3v) is 5.50. The van der Waals surface area contributed by atoms with Crippen LogP contribution in [0.4, 0.5) is 0 Å². The number of carbonyl (C=O) groups is 1. The van der Waals surface area contributed by atoms with Crippen molar-refractivity contribution in [2.24, 2.45) is 5.92 Å². The van der Waals surface area contributed by atoms with Gasteiger partial charge in [-0.1, -0.05) is 36.4 Å². The molecule has 1 aliphatic heterocycles. The molecule has 3 aromatic rings. The van der Waals surface area contributed by atoms with E-state index in [0.29, 0.717) is 31.6 Å². The minimum atomic E-state index is -0.563. The van der Waals surface area contributed by atoms with Gasteiger partial charge in [0.25, 0.3) is 0 Å². The highest BCUT2D eigenvalue weighted by Crippen LogP contribution is 2.22. The maximum atomic E-state index is 12.5. The van der Waals surface area contributed by atoms with Crippen molar-refractivity contribution in [3.8, 4) is 23.3 Å². The molecule has 0 saturated carbocycles. The predicted octanol–water partition coefficient (Wildman–Crippen LogP) is 3.50. The fourth-order valence-corrected chi connectivity index (χ4v) is 3.71. The second-order valence-electron chi connectivity index (χ2n) is 7.75. The van der Waals surface area contributed by atoms with E-state index < -0.39 is 6.04 Å². The van der Waals surface area contributed by atoms with E-state index in [2.05, 4.69) is 22.4 Å². The van der Waals surface area contributed by atoms with Gasteiger partial charge in [-0.15, -0.1) is 0 Å². The third kappa shape index (κ3) is 5.01. The standard InChI is InChI=1S/C25H22N4O2/c26-13-19-5-9-21(10-6-19)20-7-3-18(4-8-20)12-23(14-27)28-25(30)22-15-29(16-22)17-24-2-1-11-31-24/h1-11,22-23H,12,15-17H2,(H,28,30)/t23-/m0/s1.